The normalized spacial score (nSPS) is 12.5. The first-order valence-electron chi connectivity index (χ1n) is 27.3. The molecule has 0 aliphatic carbocycles. The van der Waals surface area contributed by atoms with E-state index in [1.165, 1.54) is 193 Å². The van der Waals surface area contributed by atoms with E-state index in [0.29, 0.717) is 19.3 Å². The Bertz CT molecular complexity index is 933. The second kappa shape index (κ2) is 47.9. The molecule has 0 aliphatic rings. The summed E-state index contributed by atoms with van der Waals surface area (Å²) in [6.07, 6.45) is 49.5. The van der Waals surface area contributed by atoms with Crippen molar-refractivity contribution in [2.75, 3.05) is 13.2 Å². The molecule has 0 spiro atoms. The van der Waals surface area contributed by atoms with Crippen LogP contribution in [-0.4, -0.2) is 37.2 Å². The number of ether oxygens (including phenoxy) is 3. The molecule has 0 rings (SSSR count). The summed E-state index contributed by atoms with van der Waals surface area (Å²) >= 11 is 0. The van der Waals surface area contributed by atoms with Gasteiger partial charge in [-0.2, -0.15) is 0 Å². The van der Waals surface area contributed by atoms with E-state index < -0.39 is 6.10 Å². The molecule has 0 N–H and O–H groups in total. The predicted octanol–water partition coefficient (Wildman–Crippen LogP) is 17.7. The van der Waals surface area contributed by atoms with Gasteiger partial charge in [0, 0.05) is 19.3 Å². The summed E-state index contributed by atoms with van der Waals surface area (Å²) in [5.41, 5.74) is 0. The second-order valence-corrected chi connectivity index (χ2v) is 19.6. The molecule has 0 heterocycles. The SMILES string of the molecule is CCCCCCCCCCCCCCCCCC(=O)OC[C@@H](COC(=O)CCCCCCCCC(C)CC)OC(=O)CCCCCCCCCCCCCCCCCC(C)C. The molecule has 0 aromatic rings. The molecule has 0 radical (unpaired) electrons. The van der Waals surface area contributed by atoms with Crippen molar-refractivity contribution in [3.8, 4) is 0 Å². The highest BCUT2D eigenvalue weighted by Gasteiger charge is 2.19. The molecule has 0 fully saturated rings. The van der Waals surface area contributed by atoms with Crippen molar-refractivity contribution in [2.24, 2.45) is 11.8 Å². The fraction of sp³-hybridized carbons (Fsp3) is 0.945. The zero-order valence-electron chi connectivity index (χ0n) is 41.8. The lowest BCUT2D eigenvalue weighted by molar-refractivity contribution is -0.167. The number of esters is 3. The number of hydrogen-bond acceptors (Lipinski definition) is 6. The van der Waals surface area contributed by atoms with Gasteiger partial charge in [-0.3, -0.25) is 14.4 Å². The standard InChI is InChI=1S/C55H106O6/c1-6-8-9-10-11-12-13-14-16-20-23-26-29-35-40-45-53(56)59-48-52(49-60-54(57)46-41-36-32-31-34-39-44-51(5)7-2)61-55(58)47-42-37-30-27-24-21-18-15-17-19-22-25-28-33-38-43-50(3)4/h50-52H,6-49H2,1-5H3/t51?,52-/m0/s1. The summed E-state index contributed by atoms with van der Waals surface area (Å²) in [5.74, 6) is 0.815. The number of carbonyl (C=O) groups is 3. The zero-order chi connectivity index (χ0) is 44.7. The van der Waals surface area contributed by atoms with Crippen LogP contribution in [0, 0.1) is 11.8 Å². The van der Waals surface area contributed by atoms with Gasteiger partial charge in [0.25, 0.3) is 0 Å². The van der Waals surface area contributed by atoms with Crippen LogP contribution in [0.25, 0.3) is 0 Å². The molecule has 61 heavy (non-hydrogen) atoms. The van der Waals surface area contributed by atoms with Crippen molar-refractivity contribution in [1.29, 1.82) is 0 Å². The molecular formula is C55H106O6. The minimum atomic E-state index is -0.762. The third kappa shape index (κ3) is 47.7. The molecule has 0 aromatic carbocycles. The van der Waals surface area contributed by atoms with Crippen molar-refractivity contribution >= 4 is 17.9 Å². The van der Waals surface area contributed by atoms with Crippen LogP contribution in [0.5, 0.6) is 0 Å². The Balaban J connectivity index is 4.27. The first-order chi connectivity index (χ1) is 29.8. The highest BCUT2D eigenvalue weighted by molar-refractivity contribution is 5.71. The third-order valence-corrected chi connectivity index (χ3v) is 12.8. The summed E-state index contributed by atoms with van der Waals surface area (Å²) < 4.78 is 16.8. The Morgan fingerprint density at radius 3 is 0.934 bits per heavy atom. The van der Waals surface area contributed by atoms with E-state index in [4.69, 9.17) is 14.2 Å². The van der Waals surface area contributed by atoms with Crippen LogP contribution in [0.4, 0.5) is 0 Å². The van der Waals surface area contributed by atoms with E-state index in [9.17, 15) is 14.4 Å². The van der Waals surface area contributed by atoms with Gasteiger partial charge in [-0.1, -0.05) is 266 Å². The van der Waals surface area contributed by atoms with Crippen molar-refractivity contribution in [2.45, 2.75) is 310 Å². The van der Waals surface area contributed by atoms with Crippen molar-refractivity contribution in [1.82, 2.24) is 0 Å². The smallest absolute Gasteiger partial charge is 0.306 e. The van der Waals surface area contributed by atoms with Crippen LogP contribution in [0.1, 0.15) is 304 Å². The second-order valence-electron chi connectivity index (χ2n) is 19.6. The van der Waals surface area contributed by atoms with Crippen LogP contribution in [0.3, 0.4) is 0 Å². The van der Waals surface area contributed by atoms with Gasteiger partial charge in [0.05, 0.1) is 0 Å². The third-order valence-electron chi connectivity index (χ3n) is 12.8. The summed E-state index contributed by atoms with van der Waals surface area (Å²) in [4.78, 5) is 38.0. The van der Waals surface area contributed by atoms with E-state index in [0.717, 1.165) is 69.6 Å². The van der Waals surface area contributed by atoms with Gasteiger partial charge in [-0.25, -0.2) is 0 Å². The summed E-state index contributed by atoms with van der Waals surface area (Å²) in [6, 6.07) is 0. The maximum atomic E-state index is 12.8. The van der Waals surface area contributed by atoms with Crippen molar-refractivity contribution < 1.29 is 28.6 Å². The summed E-state index contributed by atoms with van der Waals surface area (Å²) in [7, 11) is 0. The summed E-state index contributed by atoms with van der Waals surface area (Å²) in [6.45, 7) is 11.4. The molecule has 362 valence electrons. The van der Waals surface area contributed by atoms with Gasteiger partial charge in [-0.15, -0.1) is 0 Å². The first kappa shape index (κ1) is 59.4. The Labute approximate surface area is 380 Å². The van der Waals surface area contributed by atoms with Gasteiger partial charge >= 0.3 is 17.9 Å². The number of unbranched alkanes of at least 4 members (excludes halogenated alkanes) is 33. The molecule has 0 amide bonds. The first-order valence-corrected chi connectivity index (χ1v) is 27.3. The molecule has 2 atom stereocenters. The average molecular weight is 863 g/mol. The Hall–Kier alpha value is -1.59. The van der Waals surface area contributed by atoms with Crippen LogP contribution in [0.2, 0.25) is 0 Å². The monoisotopic (exact) mass is 863 g/mol. The van der Waals surface area contributed by atoms with E-state index in [2.05, 4.69) is 34.6 Å². The van der Waals surface area contributed by atoms with Crippen LogP contribution in [-0.2, 0) is 28.6 Å². The van der Waals surface area contributed by atoms with Gasteiger partial charge < -0.3 is 14.2 Å². The summed E-state index contributed by atoms with van der Waals surface area (Å²) in [5, 5.41) is 0. The molecule has 1 unspecified atom stereocenters. The van der Waals surface area contributed by atoms with Gasteiger partial charge in [0.2, 0.25) is 0 Å². The van der Waals surface area contributed by atoms with E-state index >= 15 is 0 Å². The van der Waals surface area contributed by atoms with Crippen LogP contribution in [0.15, 0.2) is 0 Å². The highest BCUT2D eigenvalue weighted by Crippen LogP contribution is 2.18. The van der Waals surface area contributed by atoms with Gasteiger partial charge in [-0.05, 0) is 31.1 Å². The quantitative estimate of drug-likeness (QED) is 0.0344. The molecular weight excluding hydrogens is 757 g/mol. The fourth-order valence-electron chi connectivity index (χ4n) is 8.31. The maximum absolute atomic E-state index is 12.8. The Kier molecular flexibility index (Phi) is 46.6. The molecule has 6 heteroatoms. The number of hydrogen-bond donors (Lipinski definition) is 0. The average Bonchev–Trinajstić information content (AvgIpc) is 3.24. The lowest BCUT2D eigenvalue weighted by Crippen LogP contribution is -2.30. The van der Waals surface area contributed by atoms with Gasteiger partial charge in [0.1, 0.15) is 13.2 Å². The maximum Gasteiger partial charge on any atom is 0.306 e. The molecule has 0 bridgehead atoms. The molecule has 0 saturated heterocycles. The molecule has 0 saturated carbocycles. The lowest BCUT2D eigenvalue weighted by atomic mass is 10.00. The van der Waals surface area contributed by atoms with E-state index in [1.807, 2.05) is 0 Å². The fourth-order valence-corrected chi connectivity index (χ4v) is 8.31. The topological polar surface area (TPSA) is 78.9 Å². The number of carbonyl (C=O) groups excluding carboxylic acids is 3. The largest absolute Gasteiger partial charge is 0.462 e. The lowest BCUT2D eigenvalue weighted by Gasteiger charge is -2.18. The minimum Gasteiger partial charge on any atom is -0.462 e. The predicted molar refractivity (Wildman–Crippen MR) is 261 cm³/mol. The Morgan fingerprint density at radius 1 is 0.344 bits per heavy atom. The van der Waals surface area contributed by atoms with Crippen molar-refractivity contribution in [3.05, 3.63) is 0 Å². The molecule has 6 nitrogen and oxygen atoms in total. The Morgan fingerprint density at radius 2 is 0.623 bits per heavy atom. The molecule has 0 aromatic heterocycles. The zero-order valence-corrected chi connectivity index (χ0v) is 41.8. The number of rotatable bonds is 49. The van der Waals surface area contributed by atoms with E-state index in [-0.39, 0.29) is 31.1 Å². The van der Waals surface area contributed by atoms with Gasteiger partial charge in [0.15, 0.2) is 6.10 Å². The minimum absolute atomic E-state index is 0.0638. The molecule has 0 aliphatic heterocycles. The highest BCUT2D eigenvalue weighted by atomic mass is 16.6. The van der Waals surface area contributed by atoms with E-state index in [1.54, 1.807) is 0 Å². The van der Waals surface area contributed by atoms with Crippen molar-refractivity contribution in [3.63, 3.8) is 0 Å². The van der Waals surface area contributed by atoms with Crippen LogP contribution < -0.4 is 0 Å². The van der Waals surface area contributed by atoms with Crippen LogP contribution >= 0.6 is 0 Å².